The second-order valence-corrected chi connectivity index (χ2v) is 6.34. The number of fused-ring (bicyclic) bond motifs is 1. The van der Waals surface area contributed by atoms with Gasteiger partial charge in [0.05, 0.1) is 12.6 Å². The van der Waals surface area contributed by atoms with Crippen LogP contribution in [0.2, 0.25) is 0 Å². The normalized spacial score (nSPS) is 15.4. The first-order valence-corrected chi connectivity index (χ1v) is 8.42. The summed E-state index contributed by atoms with van der Waals surface area (Å²) in [7, 11) is 0. The maximum absolute atomic E-state index is 12.4. The lowest BCUT2D eigenvalue weighted by atomic mass is 10.1. The van der Waals surface area contributed by atoms with Gasteiger partial charge in [0.2, 0.25) is 5.91 Å². The molecule has 0 aliphatic carbocycles. The van der Waals surface area contributed by atoms with E-state index < -0.39 is 6.04 Å². The lowest BCUT2D eigenvalue weighted by Crippen LogP contribution is -2.23. The summed E-state index contributed by atoms with van der Waals surface area (Å²) in [6.07, 6.45) is 1.75. The van der Waals surface area contributed by atoms with Gasteiger partial charge in [-0.1, -0.05) is 48.0 Å². The highest BCUT2D eigenvalue weighted by atomic mass is 16.2. The number of benzene rings is 2. The minimum atomic E-state index is -0.645. The highest BCUT2D eigenvalue weighted by Gasteiger charge is 2.35. The topological polar surface area (TPSA) is 76.0 Å². The SMILES string of the molecule is Cc1ccc(-c2cnn3c2NC(=O)C3CC(=O)Nc2ccccc2)cc1. The molecule has 2 heterocycles. The van der Waals surface area contributed by atoms with E-state index in [1.807, 2.05) is 49.4 Å². The fourth-order valence-corrected chi connectivity index (χ4v) is 3.07. The van der Waals surface area contributed by atoms with Gasteiger partial charge >= 0.3 is 0 Å². The number of nitrogens with one attached hydrogen (secondary N) is 2. The van der Waals surface area contributed by atoms with Crippen molar-refractivity contribution >= 4 is 23.3 Å². The van der Waals surface area contributed by atoms with E-state index in [9.17, 15) is 9.59 Å². The Balaban J connectivity index is 1.54. The van der Waals surface area contributed by atoms with Crippen LogP contribution in [0, 0.1) is 6.92 Å². The van der Waals surface area contributed by atoms with Crippen LogP contribution in [0.3, 0.4) is 0 Å². The van der Waals surface area contributed by atoms with Crippen molar-refractivity contribution in [3.63, 3.8) is 0 Å². The molecule has 4 rings (SSSR count). The largest absolute Gasteiger partial charge is 0.326 e. The number of rotatable bonds is 4. The van der Waals surface area contributed by atoms with Crippen molar-refractivity contribution < 1.29 is 9.59 Å². The third kappa shape index (κ3) is 2.97. The molecule has 2 N–H and O–H groups in total. The number of para-hydroxylation sites is 1. The molecule has 0 saturated carbocycles. The minimum Gasteiger partial charge on any atom is -0.326 e. The van der Waals surface area contributed by atoms with E-state index in [0.29, 0.717) is 11.5 Å². The number of anilines is 2. The third-order valence-electron chi connectivity index (χ3n) is 4.43. The second-order valence-electron chi connectivity index (χ2n) is 6.34. The van der Waals surface area contributed by atoms with E-state index >= 15 is 0 Å². The molecule has 1 aliphatic rings. The first-order chi connectivity index (χ1) is 12.6. The van der Waals surface area contributed by atoms with Crippen LogP contribution in [0.4, 0.5) is 11.5 Å². The van der Waals surface area contributed by atoms with E-state index in [1.165, 1.54) is 0 Å². The Hall–Kier alpha value is -3.41. The molecule has 2 amide bonds. The summed E-state index contributed by atoms with van der Waals surface area (Å²) in [6, 6.07) is 16.6. The molecule has 130 valence electrons. The number of carbonyl (C=O) groups excluding carboxylic acids is 2. The predicted octanol–water partition coefficient (Wildman–Crippen LogP) is 3.38. The molecule has 0 fully saturated rings. The van der Waals surface area contributed by atoms with Crippen LogP contribution in [0.15, 0.2) is 60.8 Å². The maximum Gasteiger partial charge on any atom is 0.251 e. The van der Waals surface area contributed by atoms with E-state index in [0.717, 1.165) is 16.7 Å². The highest BCUT2D eigenvalue weighted by molar-refractivity contribution is 6.04. The van der Waals surface area contributed by atoms with E-state index in [-0.39, 0.29) is 18.2 Å². The fourth-order valence-electron chi connectivity index (χ4n) is 3.07. The summed E-state index contributed by atoms with van der Waals surface area (Å²) in [6.45, 7) is 2.02. The van der Waals surface area contributed by atoms with Gasteiger partial charge in [0.1, 0.15) is 11.9 Å². The number of hydrogen-bond acceptors (Lipinski definition) is 3. The molecule has 1 atom stereocenters. The highest BCUT2D eigenvalue weighted by Crippen LogP contribution is 2.35. The van der Waals surface area contributed by atoms with Gasteiger partial charge in [0.15, 0.2) is 0 Å². The maximum atomic E-state index is 12.4. The molecule has 1 unspecified atom stereocenters. The Labute approximate surface area is 150 Å². The molecule has 6 heteroatoms. The zero-order valence-corrected chi connectivity index (χ0v) is 14.3. The molecular weight excluding hydrogens is 328 g/mol. The first kappa shape index (κ1) is 16.1. The van der Waals surface area contributed by atoms with Crippen LogP contribution in [0.5, 0.6) is 0 Å². The lowest BCUT2D eigenvalue weighted by molar-refractivity contribution is -0.123. The first-order valence-electron chi connectivity index (χ1n) is 8.42. The average Bonchev–Trinajstić information content (AvgIpc) is 3.16. The van der Waals surface area contributed by atoms with Crippen molar-refractivity contribution in [2.24, 2.45) is 0 Å². The lowest BCUT2D eigenvalue weighted by Gasteiger charge is -2.09. The summed E-state index contributed by atoms with van der Waals surface area (Å²) in [5, 5.41) is 10.0. The Morgan fingerprint density at radius 2 is 1.88 bits per heavy atom. The van der Waals surface area contributed by atoms with Crippen LogP contribution >= 0.6 is 0 Å². The molecule has 0 bridgehead atoms. The van der Waals surface area contributed by atoms with Crippen LogP contribution in [-0.4, -0.2) is 21.6 Å². The zero-order valence-electron chi connectivity index (χ0n) is 14.3. The van der Waals surface area contributed by atoms with Gasteiger partial charge in [-0.15, -0.1) is 0 Å². The van der Waals surface area contributed by atoms with Gasteiger partial charge in [-0.05, 0) is 24.6 Å². The molecule has 2 aromatic carbocycles. The Bertz CT molecular complexity index is 961. The van der Waals surface area contributed by atoms with E-state index in [4.69, 9.17) is 0 Å². The molecule has 0 saturated heterocycles. The van der Waals surface area contributed by atoms with Crippen molar-refractivity contribution in [3.8, 4) is 11.1 Å². The molecule has 6 nitrogen and oxygen atoms in total. The smallest absolute Gasteiger partial charge is 0.251 e. The van der Waals surface area contributed by atoms with Gasteiger partial charge in [0.25, 0.3) is 5.91 Å². The Morgan fingerprint density at radius 3 is 2.62 bits per heavy atom. The van der Waals surface area contributed by atoms with Crippen molar-refractivity contribution in [2.45, 2.75) is 19.4 Å². The van der Waals surface area contributed by atoms with Gasteiger partial charge in [-0.25, -0.2) is 4.68 Å². The molecule has 1 aliphatic heterocycles. The summed E-state index contributed by atoms with van der Waals surface area (Å²) in [5.41, 5.74) is 3.70. The monoisotopic (exact) mass is 346 g/mol. The van der Waals surface area contributed by atoms with Crippen LogP contribution in [0.25, 0.3) is 11.1 Å². The Morgan fingerprint density at radius 1 is 1.15 bits per heavy atom. The molecule has 0 radical (unpaired) electrons. The third-order valence-corrected chi connectivity index (χ3v) is 4.43. The number of nitrogens with zero attached hydrogens (tertiary/aromatic N) is 2. The molecule has 1 aromatic heterocycles. The number of carbonyl (C=O) groups is 2. The summed E-state index contributed by atoms with van der Waals surface area (Å²) in [4.78, 5) is 24.7. The van der Waals surface area contributed by atoms with Gasteiger partial charge < -0.3 is 10.6 Å². The molecule has 26 heavy (non-hydrogen) atoms. The van der Waals surface area contributed by atoms with Crippen LogP contribution in [0.1, 0.15) is 18.0 Å². The van der Waals surface area contributed by atoms with Gasteiger partial charge in [0, 0.05) is 11.3 Å². The summed E-state index contributed by atoms with van der Waals surface area (Å²) in [5.74, 6) is 0.192. The van der Waals surface area contributed by atoms with Crippen molar-refractivity contribution in [3.05, 3.63) is 66.4 Å². The zero-order chi connectivity index (χ0) is 18.1. The fraction of sp³-hybridized carbons (Fsp3) is 0.150. The number of aromatic nitrogens is 2. The predicted molar refractivity (Wildman–Crippen MR) is 99.8 cm³/mol. The summed E-state index contributed by atoms with van der Waals surface area (Å²) >= 11 is 0. The second kappa shape index (κ2) is 6.48. The van der Waals surface area contributed by atoms with Crippen molar-refractivity contribution in [2.75, 3.05) is 10.6 Å². The molecule has 3 aromatic rings. The quantitative estimate of drug-likeness (QED) is 0.760. The molecule has 0 spiro atoms. The van der Waals surface area contributed by atoms with E-state index in [1.54, 1.807) is 23.0 Å². The van der Waals surface area contributed by atoms with Crippen molar-refractivity contribution in [1.29, 1.82) is 0 Å². The number of aryl methyl sites for hydroxylation is 1. The van der Waals surface area contributed by atoms with Crippen LogP contribution < -0.4 is 10.6 Å². The number of hydrogen-bond donors (Lipinski definition) is 2. The minimum absolute atomic E-state index is 0.0305. The molecular formula is C20H18N4O2. The van der Waals surface area contributed by atoms with Crippen molar-refractivity contribution in [1.82, 2.24) is 9.78 Å². The van der Waals surface area contributed by atoms with E-state index in [2.05, 4.69) is 15.7 Å². The van der Waals surface area contributed by atoms with Crippen LogP contribution in [-0.2, 0) is 9.59 Å². The standard InChI is InChI=1S/C20H18N4O2/c1-13-7-9-14(10-8-13)16-12-21-24-17(20(26)23-19(16)24)11-18(25)22-15-5-3-2-4-6-15/h2-10,12,17H,11H2,1H3,(H,22,25)(H,23,26). The Kier molecular flexibility index (Phi) is 4.01. The van der Waals surface area contributed by atoms with Gasteiger partial charge in [-0.3, -0.25) is 9.59 Å². The average molecular weight is 346 g/mol. The number of amides is 2. The van der Waals surface area contributed by atoms with Gasteiger partial charge in [-0.2, -0.15) is 5.10 Å². The summed E-state index contributed by atoms with van der Waals surface area (Å²) < 4.78 is 1.60.